The number of benzene rings is 1. The molecule has 1 aromatic rings. The molecule has 1 heterocycles. The van der Waals surface area contributed by atoms with Gasteiger partial charge in [-0.3, -0.25) is 4.99 Å². The average molecular weight is 405 g/mol. The van der Waals surface area contributed by atoms with Gasteiger partial charge in [0.25, 0.3) is 0 Å². The number of aliphatic imine (C=N–C) groups is 1. The maximum Gasteiger partial charge on any atom is 0.231 e. The minimum absolute atomic E-state index is 0. The highest BCUT2D eigenvalue weighted by molar-refractivity contribution is 14.0. The van der Waals surface area contributed by atoms with Gasteiger partial charge in [0.15, 0.2) is 17.5 Å². The van der Waals surface area contributed by atoms with Crippen LogP contribution in [0.15, 0.2) is 23.2 Å². The molecule has 2 N–H and O–H groups in total. The minimum atomic E-state index is 0. The van der Waals surface area contributed by atoms with Crippen LogP contribution in [0.3, 0.4) is 0 Å². The van der Waals surface area contributed by atoms with Crippen LogP contribution in [-0.2, 0) is 6.42 Å². The molecule has 0 atom stereocenters. The average Bonchev–Trinajstić information content (AvgIpc) is 2.89. The van der Waals surface area contributed by atoms with Gasteiger partial charge in [-0.25, -0.2) is 0 Å². The Morgan fingerprint density at radius 3 is 2.71 bits per heavy atom. The lowest BCUT2D eigenvalue weighted by atomic mass is 10.1. The highest BCUT2D eigenvalue weighted by Gasteiger charge is 2.12. The third-order valence-corrected chi connectivity index (χ3v) is 3.04. The molecule has 1 aliphatic rings. The smallest absolute Gasteiger partial charge is 0.231 e. The number of hydrogen-bond acceptors (Lipinski definition) is 3. The first-order valence-corrected chi connectivity index (χ1v) is 7.02. The van der Waals surface area contributed by atoms with E-state index in [-0.39, 0.29) is 24.0 Å². The van der Waals surface area contributed by atoms with E-state index in [9.17, 15) is 0 Å². The molecule has 0 amide bonds. The van der Waals surface area contributed by atoms with E-state index in [2.05, 4.69) is 35.5 Å². The lowest BCUT2D eigenvalue weighted by Crippen LogP contribution is -2.39. The van der Waals surface area contributed by atoms with Crippen LogP contribution in [0.25, 0.3) is 0 Å². The van der Waals surface area contributed by atoms with Gasteiger partial charge in [-0.15, -0.1) is 24.0 Å². The van der Waals surface area contributed by atoms with E-state index >= 15 is 0 Å². The van der Waals surface area contributed by atoms with Crippen molar-refractivity contribution in [3.05, 3.63) is 23.8 Å². The monoisotopic (exact) mass is 405 g/mol. The standard InChI is InChI=1S/C15H23N3O2.HI/c1-11(2)9-18-15(16-3)17-7-6-12-4-5-13-14(8-12)20-10-19-13;/h4-5,8,11H,6-7,9-10H2,1-3H3,(H2,16,17,18);1H. The summed E-state index contributed by atoms with van der Waals surface area (Å²) in [5.41, 5.74) is 1.22. The molecule has 0 saturated carbocycles. The van der Waals surface area contributed by atoms with Gasteiger partial charge in [0.2, 0.25) is 6.79 Å². The number of nitrogens with one attached hydrogen (secondary N) is 2. The molecular weight excluding hydrogens is 381 g/mol. The van der Waals surface area contributed by atoms with E-state index < -0.39 is 0 Å². The molecule has 21 heavy (non-hydrogen) atoms. The molecule has 1 aliphatic heterocycles. The molecule has 1 aromatic carbocycles. The maximum atomic E-state index is 5.37. The van der Waals surface area contributed by atoms with Crippen molar-refractivity contribution in [1.29, 1.82) is 0 Å². The summed E-state index contributed by atoms with van der Waals surface area (Å²) < 4.78 is 10.7. The Morgan fingerprint density at radius 1 is 1.24 bits per heavy atom. The fraction of sp³-hybridized carbons (Fsp3) is 0.533. The van der Waals surface area contributed by atoms with Crippen molar-refractivity contribution in [2.75, 3.05) is 26.9 Å². The van der Waals surface area contributed by atoms with Crippen LogP contribution in [0.4, 0.5) is 0 Å². The van der Waals surface area contributed by atoms with Crippen LogP contribution in [0.2, 0.25) is 0 Å². The zero-order valence-electron chi connectivity index (χ0n) is 12.8. The van der Waals surface area contributed by atoms with E-state index in [4.69, 9.17) is 9.47 Å². The summed E-state index contributed by atoms with van der Waals surface area (Å²) in [5.74, 6) is 3.11. The highest BCUT2D eigenvalue weighted by atomic mass is 127. The Kier molecular flexibility index (Phi) is 7.63. The van der Waals surface area contributed by atoms with E-state index in [1.807, 2.05) is 12.1 Å². The molecule has 118 valence electrons. The van der Waals surface area contributed by atoms with Gasteiger partial charge in [-0.2, -0.15) is 0 Å². The SMILES string of the molecule is CN=C(NCCc1ccc2c(c1)OCO2)NCC(C)C.I. The maximum absolute atomic E-state index is 5.37. The molecule has 0 spiro atoms. The van der Waals surface area contributed by atoms with Crippen LogP contribution in [0.1, 0.15) is 19.4 Å². The molecule has 0 unspecified atom stereocenters. The van der Waals surface area contributed by atoms with Crippen molar-refractivity contribution < 1.29 is 9.47 Å². The van der Waals surface area contributed by atoms with Crippen molar-refractivity contribution in [3.63, 3.8) is 0 Å². The number of ether oxygens (including phenoxy) is 2. The molecule has 0 bridgehead atoms. The molecule has 0 fully saturated rings. The zero-order valence-corrected chi connectivity index (χ0v) is 15.1. The summed E-state index contributed by atoms with van der Waals surface area (Å²) >= 11 is 0. The minimum Gasteiger partial charge on any atom is -0.454 e. The largest absolute Gasteiger partial charge is 0.454 e. The zero-order chi connectivity index (χ0) is 14.4. The summed E-state index contributed by atoms with van der Waals surface area (Å²) in [4.78, 5) is 4.20. The molecule has 0 aliphatic carbocycles. The first kappa shape index (κ1) is 17.9. The quantitative estimate of drug-likeness (QED) is 0.449. The first-order chi connectivity index (χ1) is 9.69. The van der Waals surface area contributed by atoms with E-state index in [0.717, 1.165) is 37.0 Å². The van der Waals surface area contributed by atoms with Gasteiger partial charge in [-0.05, 0) is 30.0 Å². The number of nitrogens with zero attached hydrogens (tertiary/aromatic N) is 1. The van der Waals surface area contributed by atoms with Crippen LogP contribution in [0, 0.1) is 5.92 Å². The summed E-state index contributed by atoms with van der Waals surface area (Å²) in [6.07, 6.45) is 0.916. The van der Waals surface area contributed by atoms with Gasteiger partial charge < -0.3 is 20.1 Å². The predicted molar refractivity (Wildman–Crippen MR) is 95.9 cm³/mol. The second kappa shape index (κ2) is 8.96. The fourth-order valence-electron chi connectivity index (χ4n) is 1.94. The van der Waals surface area contributed by atoms with Crippen molar-refractivity contribution in [3.8, 4) is 11.5 Å². The molecule has 6 heteroatoms. The highest BCUT2D eigenvalue weighted by Crippen LogP contribution is 2.32. The fourth-order valence-corrected chi connectivity index (χ4v) is 1.94. The van der Waals surface area contributed by atoms with Crippen molar-refractivity contribution >= 4 is 29.9 Å². The second-order valence-electron chi connectivity index (χ2n) is 5.21. The van der Waals surface area contributed by atoms with Crippen LogP contribution < -0.4 is 20.1 Å². The van der Waals surface area contributed by atoms with Gasteiger partial charge in [0, 0.05) is 20.1 Å². The van der Waals surface area contributed by atoms with Crippen molar-refractivity contribution in [2.24, 2.45) is 10.9 Å². The number of hydrogen-bond donors (Lipinski definition) is 2. The third kappa shape index (κ3) is 5.61. The van der Waals surface area contributed by atoms with E-state index in [1.54, 1.807) is 7.05 Å². The molecular formula is C15H24IN3O2. The topological polar surface area (TPSA) is 54.9 Å². The number of guanidine groups is 1. The van der Waals surface area contributed by atoms with Crippen molar-refractivity contribution in [2.45, 2.75) is 20.3 Å². The Balaban J connectivity index is 0.00000220. The van der Waals surface area contributed by atoms with Gasteiger partial charge in [0.1, 0.15) is 0 Å². The molecule has 0 saturated heterocycles. The lowest BCUT2D eigenvalue weighted by molar-refractivity contribution is 0.174. The Labute approximate surface area is 143 Å². The molecule has 5 nitrogen and oxygen atoms in total. The number of rotatable bonds is 5. The third-order valence-electron chi connectivity index (χ3n) is 3.04. The van der Waals surface area contributed by atoms with Crippen LogP contribution in [0.5, 0.6) is 11.5 Å². The number of halogens is 1. The Hall–Kier alpha value is -1.18. The normalized spacial score (nSPS) is 13.0. The van der Waals surface area contributed by atoms with E-state index in [0.29, 0.717) is 12.7 Å². The van der Waals surface area contributed by atoms with Gasteiger partial charge >= 0.3 is 0 Å². The Morgan fingerprint density at radius 2 is 2.00 bits per heavy atom. The van der Waals surface area contributed by atoms with Gasteiger partial charge in [-0.1, -0.05) is 19.9 Å². The lowest BCUT2D eigenvalue weighted by Gasteiger charge is -2.13. The summed E-state index contributed by atoms with van der Waals surface area (Å²) in [6.45, 7) is 6.42. The molecule has 0 aromatic heterocycles. The first-order valence-electron chi connectivity index (χ1n) is 7.02. The van der Waals surface area contributed by atoms with Gasteiger partial charge in [0.05, 0.1) is 0 Å². The number of fused-ring (bicyclic) bond motifs is 1. The summed E-state index contributed by atoms with van der Waals surface area (Å²) in [6, 6.07) is 6.07. The summed E-state index contributed by atoms with van der Waals surface area (Å²) in [7, 11) is 1.79. The molecule has 0 radical (unpaired) electrons. The predicted octanol–water partition coefficient (Wildman–Crippen LogP) is 2.40. The van der Waals surface area contributed by atoms with Crippen LogP contribution >= 0.6 is 24.0 Å². The molecule has 2 rings (SSSR count). The van der Waals surface area contributed by atoms with Crippen LogP contribution in [-0.4, -0.2) is 32.9 Å². The Bertz CT molecular complexity index is 478. The van der Waals surface area contributed by atoms with Crippen molar-refractivity contribution in [1.82, 2.24) is 10.6 Å². The van der Waals surface area contributed by atoms with E-state index in [1.165, 1.54) is 5.56 Å². The second-order valence-corrected chi connectivity index (χ2v) is 5.21. The summed E-state index contributed by atoms with van der Waals surface area (Å²) in [5, 5.41) is 6.60.